The molecule has 1 aliphatic heterocycles. The van der Waals surface area contributed by atoms with E-state index in [0.29, 0.717) is 13.0 Å². The van der Waals surface area contributed by atoms with Crippen LogP contribution < -0.4 is 10.6 Å². The highest BCUT2D eigenvalue weighted by Crippen LogP contribution is 2.11. The summed E-state index contributed by atoms with van der Waals surface area (Å²) in [5.74, 6) is 0.161. The fraction of sp³-hybridized carbons (Fsp3) is 0.333. The van der Waals surface area contributed by atoms with Crippen molar-refractivity contribution in [3.8, 4) is 5.69 Å². The maximum Gasteiger partial charge on any atom is 0.315 e. The van der Waals surface area contributed by atoms with E-state index in [4.69, 9.17) is 0 Å². The third kappa shape index (κ3) is 4.10. The molecule has 0 bridgehead atoms. The molecule has 2 aromatic rings. The summed E-state index contributed by atoms with van der Waals surface area (Å²) in [6.07, 6.45) is 4.00. The highest BCUT2D eigenvalue weighted by Gasteiger charge is 2.28. The van der Waals surface area contributed by atoms with Gasteiger partial charge in [-0.25, -0.2) is 17.9 Å². The highest BCUT2D eigenvalue weighted by molar-refractivity contribution is 7.91. The lowest BCUT2D eigenvalue weighted by Crippen LogP contribution is -2.42. The molecular weight excluding hydrogens is 316 g/mol. The number of sulfone groups is 1. The van der Waals surface area contributed by atoms with Gasteiger partial charge in [0.15, 0.2) is 9.84 Å². The van der Waals surface area contributed by atoms with Crippen LogP contribution in [0, 0.1) is 0 Å². The molecule has 3 rings (SSSR count). The van der Waals surface area contributed by atoms with Crippen LogP contribution in [0.15, 0.2) is 42.7 Å². The largest absolute Gasteiger partial charge is 0.334 e. The number of aromatic nitrogens is 2. The second-order valence-electron chi connectivity index (χ2n) is 5.56. The smallest absolute Gasteiger partial charge is 0.315 e. The van der Waals surface area contributed by atoms with E-state index in [2.05, 4.69) is 15.7 Å². The number of carbonyl (C=O) groups excluding carboxylic acids is 1. The highest BCUT2D eigenvalue weighted by atomic mass is 32.2. The monoisotopic (exact) mass is 334 g/mol. The quantitative estimate of drug-likeness (QED) is 0.867. The van der Waals surface area contributed by atoms with Gasteiger partial charge in [0.1, 0.15) is 0 Å². The first kappa shape index (κ1) is 15.5. The van der Waals surface area contributed by atoms with Crippen molar-refractivity contribution in [3.63, 3.8) is 0 Å². The van der Waals surface area contributed by atoms with Gasteiger partial charge >= 0.3 is 6.03 Å². The van der Waals surface area contributed by atoms with Crippen LogP contribution in [0.2, 0.25) is 0 Å². The lowest BCUT2D eigenvalue weighted by Gasteiger charge is -2.11. The van der Waals surface area contributed by atoms with Crippen molar-refractivity contribution in [2.45, 2.75) is 19.0 Å². The first-order valence-corrected chi connectivity index (χ1v) is 9.18. The summed E-state index contributed by atoms with van der Waals surface area (Å²) in [6.45, 7) is 0.331. The molecule has 0 radical (unpaired) electrons. The van der Waals surface area contributed by atoms with E-state index in [-0.39, 0.29) is 23.6 Å². The maximum absolute atomic E-state index is 11.8. The van der Waals surface area contributed by atoms with E-state index >= 15 is 0 Å². The number of urea groups is 1. The number of benzene rings is 1. The third-order valence-electron chi connectivity index (χ3n) is 3.68. The lowest BCUT2D eigenvalue weighted by atomic mass is 10.3. The van der Waals surface area contributed by atoms with Crippen molar-refractivity contribution in [2.24, 2.45) is 0 Å². The minimum Gasteiger partial charge on any atom is -0.334 e. The zero-order chi connectivity index (χ0) is 16.3. The number of hydrogen-bond acceptors (Lipinski definition) is 4. The Hall–Kier alpha value is -2.35. The number of rotatable bonds is 4. The van der Waals surface area contributed by atoms with Gasteiger partial charge in [-0.05, 0) is 18.6 Å². The van der Waals surface area contributed by atoms with Crippen LogP contribution in [-0.2, 0) is 16.4 Å². The van der Waals surface area contributed by atoms with E-state index in [0.717, 1.165) is 11.3 Å². The van der Waals surface area contributed by atoms with Crippen LogP contribution in [0.1, 0.15) is 12.0 Å². The first-order chi connectivity index (χ1) is 11.0. The molecule has 122 valence electrons. The van der Waals surface area contributed by atoms with Gasteiger partial charge in [0.25, 0.3) is 0 Å². The molecule has 1 aliphatic rings. The number of amides is 2. The molecule has 0 spiro atoms. The number of para-hydroxylation sites is 1. The summed E-state index contributed by atoms with van der Waals surface area (Å²) in [5, 5.41) is 9.66. The minimum absolute atomic E-state index is 0.0202. The molecule has 0 unspecified atom stereocenters. The Bertz CT molecular complexity index is 786. The molecule has 1 saturated heterocycles. The standard InChI is InChI=1S/C15H18N4O3S/c20-15(18-13-6-7-23(21,22)11-13)16-8-12-9-17-19(10-12)14-4-2-1-3-5-14/h1-5,9-10,13H,6-8,11H2,(H2,16,18,20)/t13-/m1/s1. The van der Waals surface area contributed by atoms with Crippen LogP contribution >= 0.6 is 0 Å². The molecule has 2 amide bonds. The third-order valence-corrected chi connectivity index (χ3v) is 5.45. The lowest BCUT2D eigenvalue weighted by molar-refractivity contribution is 0.237. The van der Waals surface area contributed by atoms with Crippen molar-refractivity contribution < 1.29 is 13.2 Å². The Kier molecular flexibility index (Phi) is 4.33. The van der Waals surface area contributed by atoms with E-state index in [9.17, 15) is 13.2 Å². The summed E-state index contributed by atoms with van der Waals surface area (Å²) >= 11 is 0. The van der Waals surface area contributed by atoms with Crippen LogP contribution in [0.3, 0.4) is 0 Å². The number of carbonyl (C=O) groups is 1. The van der Waals surface area contributed by atoms with Gasteiger partial charge in [-0.3, -0.25) is 0 Å². The van der Waals surface area contributed by atoms with Crippen molar-refractivity contribution in [1.29, 1.82) is 0 Å². The van der Waals surface area contributed by atoms with Gasteiger partial charge in [-0.15, -0.1) is 0 Å². The number of nitrogens with one attached hydrogen (secondary N) is 2. The van der Waals surface area contributed by atoms with Gasteiger partial charge in [0.05, 0.1) is 23.4 Å². The predicted octanol–water partition coefficient (Wildman–Crippen LogP) is 0.859. The Morgan fingerprint density at radius 2 is 2.09 bits per heavy atom. The molecule has 0 saturated carbocycles. The molecule has 1 fully saturated rings. The van der Waals surface area contributed by atoms with E-state index in [1.807, 2.05) is 36.5 Å². The summed E-state index contributed by atoms with van der Waals surface area (Å²) in [5.41, 5.74) is 1.81. The molecule has 8 heteroatoms. The van der Waals surface area contributed by atoms with Crippen LogP contribution in [0.5, 0.6) is 0 Å². The van der Waals surface area contributed by atoms with Gasteiger partial charge < -0.3 is 10.6 Å². The molecule has 7 nitrogen and oxygen atoms in total. The SMILES string of the molecule is O=C(NCc1cnn(-c2ccccc2)c1)N[C@@H]1CCS(=O)(=O)C1. The molecule has 2 heterocycles. The average Bonchev–Trinajstić information content (AvgIpc) is 3.13. The van der Waals surface area contributed by atoms with Crippen molar-refractivity contribution >= 4 is 15.9 Å². The zero-order valence-electron chi connectivity index (χ0n) is 12.5. The van der Waals surface area contributed by atoms with Crippen LogP contribution in [0.25, 0.3) is 5.69 Å². The fourth-order valence-corrected chi connectivity index (χ4v) is 4.17. The van der Waals surface area contributed by atoms with Crippen molar-refractivity contribution in [2.75, 3.05) is 11.5 Å². The summed E-state index contributed by atoms with van der Waals surface area (Å²) in [4.78, 5) is 11.8. The molecular formula is C15H18N4O3S. The second kappa shape index (κ2) is 6.41. The van der Waals surface area contributed by atoms with Crippen molar-refractivity contribution in [3.05, 3.63) is 48.3 Å². The maximum atomic E-state index is 11.8. The summed E-state index contributed by atoms with van der Waals surface area (Å²) < 4.78 is 24.4. The summed E-state index contributed by atoms with van der Waals surface area (Å²) in [7, 11) is -2.99. The predicted molar refractivity (Wildman–Crippen MR) is 86.0 cm³/mol. The molecule has 2 N–H and O–H groups in total. The second-order valence-corrected chi connectivity index (χ2v) is 7.78. The Balaban J connectivity index is 1.51. The molecule has 1 aromatic heterocycles. The Morgan fingerprint density at radius 3 is 2.78 bits per heavy atom. The van der Waals surface area contributed by atoms with E-state index in [1.165, 1.54) is 0 Å². The number of nitrogens with zero attached hydrogens (tertiary/aromatic N) is 2. The fourth-order valence-electron chi connectivity index (χ4n) is 2.50. The Labute approximate surface area is 134 Å². The molecule has 1 atom stereocenters. The van der Waals surface area contributed by atoms with Crippen LogP contribution in [-0.4, -0.2) is 41.8 Å². The summed E-state index contributed by atoms with van der Waals surface area (Å²) in [6, 6.07) is 9.01. The first-order valence-electron chi connectivity index (χ1n) is 7.36. The van der Waals surface area contributed by atoms with Gasteiger partial charge in [0.2, 0.25) is 0 Å². The van der Waals surface area contributed by atoms with Crippen LogP contribution in [0.4, 0.5) is 4.79 Å². The van der Waals surface area contributed by atoms with Gasteiger partial charge in [-0.2, -0.15) is 5.10 Å². The average molecular weight is 334 g/mol. The van der Waals surface area contributed by atoms with Gasteiger partial charge in [-0.1, -0.05) is 18.2 Å². The minimum atomic E-state index is -2.99. The molecule has 23 heavy (non-hydrogen) atoms. The molecule has 1 aromatic carbocycles. The topological polar surface area (TPSA) is 93.1 Å². The number of hydrogen-bond donors (Lipinski definition) is 2. The Morgan fingerprint density at radius 1 is 1.30 bits per heavy atom. The molecule has 0 aliphatic carbocycles. The zero-order valence-corrected chi connectivity index (χ0v) is 13.3. The van der Waals surface area contributed by atoms with E-state index in [1.54, 1.807) is 10.9 Å². The van der Waals surface area contributed by atoms with Crippen molar-refractivity contribution in [1.82, 2.24) is 20.4 Å². The van der Waals surface area contributed by atoms with E-state index < -0.39 is 9.84 Å². The van der Waals surface area contributed by atoms with Gasteiger partial charge in [0, 0.05) is 24.3 Å². The normalized spacial score (nSPS) is 19.4.